The molecule has 1 unspecified atom stereocenters. The molecule has 2 atom stereocenters. The number of anilines is 1. The summed E-state index contributed by atoms with van der Waals surface area (Å²) in [4.78, 5) is 37.0. The molecule has 0 saturated carbocycles. The Bertz CT molecular complexity index is 890. The van der Waals surface area contributed by atoms with E-state index in [-0.39, 0.29) is 17.5 Å². The molecule has 132 valence electrons. The molecule has 0 radical (unpaired) electrons. The van der Waals surface area contributed by atoms with Gasteiger partial charge in [0, 0.05) is 31.0 Å². The Labute approximate surface area is 143 Å². The fourth-order valence-corrected chi connectivity index (χ4v) is 2.99. The molecule has 1 aliphatic heterocycles. The van der Waals surface area contributed by atoms with Crippen LogP contribution >= 0.6 is 0 Å². The van der Waals surface area contributed by atoms with E-state index in [0.29, 0.717) is 12.1 Å². The van der Waals surface area contributed by atoms with Gasteiger partial charge in [0.2, 0.25) is 5.91 Å². The number of amides is 1. The van der Waals surface area contributed by atoms with Gasteiger partial charge in [0.1, 0.15) is 5.56 Å². The van der Waals surface area contributed by atoms with Crippen LogP contribution in [0.3, 0.4) is 0 Å². The number of rotatable bonds is 4. The Morgan fingerprint density at radius 1 is 1.36 bits per heavy atom. The molecule has 0 aromatic carbocycles. The lowest BCUT2D eigenvalue weighted by molar-refractivity contribution is -0.122. The smallest absolute Gasteiger partial charge is 0.341 e. The molecule has 0 bridgehead atoms. The van der Waals surface area contributed by atoms with Gasteiger partial charge in [0.25, 0.3) is 5.56 Å². The zero-order valence-electron chi connectivity index (χ0n) is 13.8. The third kappa shape index (κ3) is 3.34. The number of fused-ring (bicyclic) bond motifs is 1. The molecule has 3 heterocycles. The van der Waals surface area contributed by atoms with Gasteiger partial charge < -0.3 is 21.1 Å². The van der Waals surface area contributed by atoms with Gasteiger partial charge in [-0.15, -0.1) is 0 Å². The molecule has 25 heavy (non-hydrogen) atoms. The number of carbonyl (C=O) groups excluding carboxylic acids is 1. The van der Waals surface area contributed by atoms with E-state index in [1.165, 1.54) is 10.5 Å². The number of nitrogens with two attached hydrogens (primary N) is 1. The highest BCUT2D eigenvalue weighted by Crippen LogP contribution is 2.21. The van der Waals surface area contributed by atoms with Crippen LogP contribution in [0.2, 0.25) is 0 Å². The average molecular weight is 344 g/mol. The zero-order chi connectivity index (χ0) is 18.1. The fourth-order valence-electron chi connectivity index (χ4n) is 2.99. The summed E-state index contributed by atoms with van der Waals surface area (Å²) < 4.78 is 1.32. The lowest BCUT2D eigenvalue weighted by atomic mass is 10.2. The Morgan fingerprint density at radius 3 is 2.80 bits per heavy atom. The van der Waals surface area contributed by atoms with E-state index in [9.17, 15) is 14.4 Å². The van der Waals surface area contributed by atoms with Crippen LogP contribution in [0.4, 0.5) is 5.69 Å². The van der Waals surface area contributed by atoms with E-state index < -0.39 is 17.6 Å². The van der Waals surface area contributed by atoms with Crippen LogP contribution < -0.4 is 21.5 Å². The highest BCUT2D eigenvalue weighted by Gasteiger charge is 2.25. The van der Waals surface area contributed by atoms with Gasteiger partial charge in [-0.2, -0.15) is 0 Å². The first-order valence-electron chi connectivity index (χ1n) is 8.06. The molecule has 1 amide bonds. The van der Waals surface area contributed by atoms with Crippen LogP contribution in [0.15, 0.2) is 35.3 Å². The second kappa shape index (κ2) is 6.56. The van der Waals surface area contributed by atoms with Crippen LogP contribution in [0, 0.1) is 0 Å². The first kappa shape index (κ1) is 17.0. The van der Waals surface area contributed by atoms with Crippen molar-refractivity contribution in [3.63, 3.8) is 0 Å². The Morgan fingerprint density at radius 2 is 2.12 bits per heavy atom. The highest BCUT2D eigenvalue weighted by molar-refractivity contribution is 5.87. The van der Waals surface area contributed by atoms with E-state index in [2.05, 4.69) is 10.2 Å². The van der Waals surface area contributed by atoms with Crippen molar-refractivity contribution in [3.8, 4) is 0 Å². The van der Waals surface area contributed by atoms with Crippen molar-refractivity contribution in [2.75, 3.05) is 18.0 Å². The number of aromatic carboxylic acids is 1. The van der Waals surface area contributed by atoms with Crippen molar-refractivity contribution >= 4 is 23.1 Å². The zero-order valence-corrected chi connectivity index (χ0v) is 13.8. The summed E-state index contributed by atoms with van der Waals surface area (Å²) in [6.07, 6.45) is 2.39. The molecule has 8 heteroatoms. The molecular formula is C17H20N4O4. The summed E-state index contributed by atoms with van der Waals surface area (Å²) in [7, 11) is 0. The van der Waals surface area contributed by atoms with E-state index in [1.807, 2.05) is 6.07 Å². The van der Waals surface area contributed by atoms with E-state index in [4.69, 9.17) is 10.8 Å². The van der Waals surface area contributed by atoms with Gasteiger partial charge >= 0.3 is 5.97 Å². The third-order valence-electron chi connectivity index (χ3n) is 4.38. The van der Waals surface area contributed by atoms with Crippen LogP contribution in [-0.4, -0.2) is 46.6 Å². The molecule has 3 rings (SSSR count). The maximum Gasteiger partial charge on any atom is 0.341 e. The second-order valence-electron chi connectivity index (χ2n) is 6.27. The minimum absolute atomic E-state index is 0.0336. The summed E-state index contributed by atoms with van der Waals surface area (Å²) in [5.41, 5.74) is 6.29. The number of nitrogens with zero attached hydrogens (tertiary/aromatic N) is 2. The van der Waals surface area contributed by atoms with Crippen molar-refractivity contribution in [1.29, 1.82) is 0 Å². The fraction of sp³-hybridized carbons (Fsp3) is 0.353. The summed E-state index contributed by atoms with van der Waals surface area (Å²) in [5, 5.41) is 11.9. The lowest BCUT2D eigenvalue weighted by Crippen LogP contribution is -2.44. The molecule has 0 aliphatic carbocycles. The van der Waals surface area contributed by atoms with Gasteiger partial charge in [-0.05, 0) is 37.6 Å². The normalized spacial score (nSPS) is 18.3. The molecule has 8 nitrogen and oxygen atoms in total. The molecule has 4 N–H and O–H groups in total. The molecule has 1 saturated heterocycles. The quantitative estimate of drug-likeness (QED) is 0.721. The molecule has 0 spiro atoms. The Balaban J connectivity index is 1.81. The van der Waals surface area contributed by atoms with Crippen molar-refractivity contribution in [2.24, 2.45) is 5.73 Å². The van der Waals surface area contributed by atoms with Gasteiger partial charge in [-0.1, -0.05) is 0 Å². The van der Waals surface area contributed by atoms with Crippen LogP contribution in [0.5, 0.6) is 0 Å². The number of pyridine rings is 2. The number of hydrogen-bond acceptors (Lipinski definition) is 5. The summed E-state index contributed by atoms with van der Waals surface area (Å²) >= 11 is 0. The first-order chi connectivity index (χ1) is 11.9. The number of carbonyl (C=O) groups is 2. The van der Waals surface area contributed by atoms with Crippen molar-refractivity contribution in [3.05, 3.63) is 46.4 Å². The van der Waals surface area contributed by atoms with E-state index in [0.717, 1.165) is 18.7 Å². The summed E-state index contributed by atoms with van der Waals surface area (Å²) in [6, 6.07) is 6.04. The largest absolute Gasteiger partial charge is 0.477 e. The minimum atomic E-state index is -1.24. The van der Waals surface area contributed by atoms with E-state index in [1.54, 1.807) is 25.3 Å². The van der Waals surface area contributed by atoms with Crippen LogP contribution in [0.25, 0.3) is 5.52 Å². The van der Waals surface area contributed by atoms with Crippen molar-refractivity contribution in [1.82, 2.24) is 9.72 Å². The van der Waals surface area contributed by atoms with Crippen LogP contribution in [0.1, 0.15) is 23.7 Å². The maximum absolute atomic E-state index is 12.1. The first-order valence-corrected chi connectivity index (χ1v) is 8.06. The predicted molar refractivity (Wildman–Crippen MR) is 93.0 cm³/mol. The number of carboxylic acid groups (broad SMARTS) is 1. The van der Waals surface area contributed by atoms with Gasteiger partial charge in [-0.25, -0.2) is 4.79 Å². The highest BCUT2D eigenvalue weighted by atomic mass is 16.4. The summed E-state index contributed by atoms with van der Waals surface area (Å²) in [6.45, 7) is 3.08. The molecule has 1 fully saturated rings. The van der Waals surface area contributed by atoms with Crippen LogP contribution in [-0.2, 0) is 4.79 Å². The average Bonchev–Trinajstić information content (AvgIpc) is 3.03. The number of hydrogen-bond donors (Lipinski definition) is 3. The van der Waals surface area contributed by atoms with E-state index >= 15 is 0 Å². The molecule has 2 aromatic heterocycles. The second-order valence-corrected chi connectivity index (χ2v) is 6.27. The number of nitrogens with one attached hydrogen (secondary N) is 1. The lowest BCUT2D eigenvalue weighted by Gasteiger charge is -2.20. The maximum atomic E-state index is 12.1. The Hall–Kier alpha value is -2.87. The molecular weight excluding hydrogens is 324 g/mol. The van der Waals surface area contributed by atoms with Gasteiger partial charge in [0.05, 0.1) is 11.6 Å². The number of aromatic nitrogens is 1. The molecule has 2 aromatic rings. The monoisotopic (exact) mass is 344 g/mol. The number of carboxylic acids is 1. The SMILES string of the molecule is C[C@H](N)C(=O)NC1CCN(c2ccn3c(=O)c(C(=O)O)ccc3c2)C1. The topological polar surface area (TPSA) is 117 Å². The minimum Gasteiger partial charge on any atom is -0.477 e. The van der Waals surface area contributed by atoms with Gasteiger partial charge in [0.15, 0.2) is 0 Å². The standard InChI is InChI=1S/C17H20N4O4/c1-10(18)15(22)19-11-4-6-20(9-11)12-5-7-21-13(8-12)2-3-14(16(21)23)17(24)25/h2-3,5,7-8,10-11H,4,6,9,18H2,1H3,(H,19,22)(H,24,25)/t10-,11?/m0/s1. The van der Waals surface area contributed by atoms with Crippen molar-refractivity contribution < 1.29 is 14.7 Å². The van der Waals surface area contributed by atoms with Gasteiger partial charge in [-0.3, -0.25) is 14.0 Å². The third-order valence-corrected chi connectivity index (χ3v) is 4.38. The van der Waals surface area contributed by atoms with Crippen molar-refractivity contribution in [2.45, 2.75) is 25.4 Å². The molecule has 1 aliphatic rings. The summed E-state index contributed by atoms with van der Waals surface area (Å²) in [5.74, 6) is -1.41. The Kier molecular flexibility index (Phi) is 4.45. The predicted octanol–water partition coefficient (Wildman–Crippen LogP) is 0.0398.